The van der Waals surface area contributed by atoms with Crippen molar-refractivity contribution in [2.24, 2.45) is 5.16 Å². The van der Waals surface area contributed by atoms with Crippen LogP contribution in [-0.2, 0) is 13.0 Å². The second-order valence-electron chi connectivity index (χ2n) is 4.86. The molecule has 0 unspecified atom stereocenters. The molecule has 2 aromatic carbocycles. The first-order valence-electron chi connectivity index (χ1n) is 7.04. The van der Waals surface area contributed by atoms with Crippen molar-refractivity contribution in [3.05, 3.63) is 70.2 Å². The van der Waals surface area contributed by atoms with Crippen molar-refractivity contribution in [2.75, 3.05) is 7.11 Å². The molecule has 2 rings (SSSR count). The van der Waals surface area contributed by atoms with Crippen molar-refractivity contribution < 1.29 is 14.7 Å². The van der Waals surface area contributed by atoms with Crippen molar-refractivity contribution in [2.45, 2.75) is 13.0 Å². The Morgan fingerprint density at radius 1 is 1.26 bits per heavy atom. The van der Waals surface area contributed by atoms with Crippen LogP contribution in [0.1, 0.15) is 16.7 Å². The smallest absolute Gasteiger partial charge is 0.165 e. The van der Waals surface area contributed by atoms with E-state index in [4.69, 9.17) is 14.7 Å². The van der Waals surface area contributed by atoms with Crippen LogP contribution in [0, 0.1) is 0 Å². The van der Waals surface area contributed by atoms with Crippen LogP contribution in [0.2, 0.25) is 0 Å². The standard InChI is InChI=1S/C18H18BrNO3/c1-3-4-15-9-14(11-20-21)10-17(22-2)18(15)23-12-13-5-7-16(19)8-6-13/h3,5-11,21H,1,4,12H2,2H3/b20-11-. The van der Waals surface area contributed by atoms with Crippen LogP contribution in [0.3, 0.4) is 0 Å². The van der Waals surface area contributed by atoms with Crippen LogP contribution in [0.5, 0.6) is 11.5 Å². The van der Waals surface area contributed by atoms with Gasteiger partial charge in [0.05, 0.1) is 13.3 Å². The molecule has 120 valence electrons. The van der Waals surface area contributed by atoms with Crippen LogP contribution < -0.4 is 9.47 Å². The lowest BCUT2D eigenvalue weighted by molar-refractivity contribution is 0.282. The lowest BCUT2D eigenvalue weighted by atomic mass is 10.1. The van der Waals surface area contributed by atoms with Gasteiger partial charge in [0.15, 0.2) is 11.5 Å². The van der Waals surface area contributed by atoms with E-state index in [0.29, 0.717) is 24.5 Å². The van der Waals surface area contributed by atoms with Gasteiger partial charge in [0.2, 0.25) is 0 Å². The Morgan fingerprint density at radius 3 is 2.61 bits per heavy atom. The summed E-state index contributed by atoms with van der Waals surface area (Å²) in [6, 6.07) is 11.6. The normalized spacial score (nSPS) is 10.7. The zero-order valence-corrected chi connectivity index (χ0v) is 14.4. The van der Waals surface area contributed by atoms with Gasteiger partial charge < -0.3 is 14.7 Å². The number of ether oxygens (including phenoxy) is 2. The molecule has 4 nitrogen and oxygen atoms in total. The Labute approximate surface area is 144 Å². The first kappa shape index (κ1) is 17.1. The molecule has 0 aromatic heterocycles. The topological polar surface area (TPSA) is 51.1 Å². The molecule has 2 aromatic rings. The van der Waals surface area contributed by atoms with Gasteiger partial charge in [-0.05, 0) is 36.2 Å². The van der Waals surface area contributed by atoms with E-state index >= 15 is 0 Å². The molecule has 0 saturated heterocycles. The van der Waals surface area contributed by atoms with Crippen LogP contribution in [0.25, 0.3) is 0 Å². The number of hydrogen-bond donors (Lipinski definition) is 1. The quantitative estimate of drug-likeness (QED) is 0.333. The maximum atomic E-state index is 8.72. The number of nitrogens with zero attached hydrogens (tertiary/aromatic N) is 1. The Hall–Kier alpha value is -2.27. The molecule has 0 saturated carbocycles. The minimum Gasteiger partial charge on any atom is -0.493 e. The average molecular weight is 376 g/mol. The summed E-state index contributed by atoms with van der Waals surface area (Å²) in [5.41, 5.74) is 2.71. The van der Waals surface area contributed by atoms with Gasteiger partial charge in [-0.15, -0.1) is 6.58 Å². The van der Waals surface area contributed by atoms with Gasteiger partial charge >= 0.3 is 0 Å². The fraction of sp³-hybridized carbons (Fsp3) is 0.167. The van der Waals surface area contributed by atoms with E-state index in [0.717, 1.165) is 21.2 Å². The number of allylic oxidation sites excluding steroid dienone is 1. The van der Waals surface area contributed by atoms with Crippen LogP contribution in [-0.4, -0.2) is 18.5 Å². The molecule has 0 atom stereocenters. The molecule has 0 aliphatic rings. The van der Waals surface area contributed by atoms with Crippen molar-refractivity contribution in [3.8, 4) is 11.5 Å². The SMILES string of the molecule is C=CCc1cc(/C=N\O)cc(OC)c1OCc1ccc(Br)cc1. The van der Waals surface area contributed by atoms with Crippen LogP contribution in [0.4, 0.5) is 0 Å². The summed E-state index contributed by atoms with van der Waals surface area (Å²) in [7, 11) is 1.58. The summed E-state index contributed by atoms with van der Waals surface area (Å²) in [6.45, 7) is 4.20. The van der Waals surface area contributed by atoms with Gasteiger partial charge in [-0.1, -0.05) is 39.3 Å². The third-order valence-electron chi connectivity index (χ3n) is 3.24. The summed E-state index contributed by atoms with van der Waals surface area (Å²) in [4.78, 5) is 0. The zero-order chi connectivity index (χ0) is 16.7. The molecule has 0 heterocycles. The summed E-state index contributed by atoms with van der Waals surface area (Å²) >= 11 is 3.41. The Kier molecular flexibility index (Phi) is 6.23. The highest BCUT2D eigenvalue weighted by atomic mass is 79.9. The molecule has 0 radical (unpaired) electrons. The zero-order valence-electron chi connectivity index (χ0n) is 12.8. The maximum Gasteiger partial charge on any atom is 0.165 e. The monoisotopic (exact) mass is 375 g/mol. The minimum absolute atomic E-state index is 0.432. The lowest BCUT2D eigenvalue weighted by Crippen LogP contribution is -2.02. The third-order valence-corrected chi connectivity index (χ3v) is 3.77. The second kappa shape index (κ2) is 8.39. The van der Waals surface area contributed by atoms with E-state index in [2.05, 4.69) is 27.7 Å². The summed E-state index contributed by atoms with van der Waals surface area (Å²) in [6.07, 6.45) is 3.77. The highest BCUT2D eigenvalue weighted by Gasteiger charge is 2.12. The summed E-state index contributed by atoms with van der Waals surface area (Å²) < 4.78 is 12.4. The van der Waals surface area contributed by atoms with E-state index in [1.54, 1.807) is 19.3 Å². The summed E-state index contributed by atoms with van der Waals surface area (Å²) in [5.74, 6) is 1.27. The van der Waals surface area contributed by atoms with Crippen LogP contribution >= 0.6 is 15.9 Å². The van der Waals surface area contributed by atoms with E-state index in [9.17, 15) is 0 Å². The highest BCUT2D eigenvalue weighted by Crippen LogP contribution is 2.34. The summed E-state index contributed by atoms with van der Waals surface area (Å²) in [5, 5.41) is 11.8. The average Bonchev–Trinajstić information content (AvgIpc) is 2.55. The van der Waals surface area contributed by atoms with Crippen molar-refractivity contribution >= 4 is 22.1 Å². The first-order chi connectivity index (χ1) is 11.2. The van der Waals surface area contributed by atoms with Gasteiger partial charge in [0.25, 0.3) is 0 Å². The molecule has 23 heavy (non-hydrogen) atoms. The predicted octanol–water partition coefficient (Wildman–Crippen LogP) is 4.57. The van der Waals surface area contributed by atoms with Gasteiger partial charge in [-0.3, -0.25) is 0 Å². The number of rotatable bonds is 7. The highest BCUT2D eigenvalue weighted by molar-refractivity contribution is 9.10. The number of oxime groups is 1. The fourth-order valence-corrected chi connectivity index (χ4v) is 2.45. The second-order valence-corrected chi connectivity index (χ2v) is 5.78. The molecule has 0 spiro atoms. The fourth-order valence-electron chi connectivity index (χ4n) is 2.18. The molecule has 0 amide bonds. The van der Waals surface area contributed by atoms with Gasteiger partial charge in [-0.25, -0.2) is 0 Å². The number of hydrogen-bond acceptors (Lipinski definition) is 4. The predicted molar refractivity (Wildman–Crippen MR) is 94.7 cm³/mol. The maximum absolute atomic E-state index is 8.72. The number of methoxy groups -OCH3 is 1. The van der Waals surface area contributed by atoms with E-state index in [1.807, 2.05) is 30.3 Å². The third kappa shape index (κ3) is 4.60. The van der Waals surface area contributed by atoms with Crippen molar-refractivity contribution in [3.63, 3.8) is 0 Å². The van der Waals surface area contributed by atoms with Crippen LogP contribution in [0.15, 0.2) is 58.7 Å². The molecule has 0 aliphatic heterocycles. The molecular weight excluding hydrogens is 358 g/mol. The molecule has 1 N–H and O–H groups in total. The van der Waals surface area contributed by atoms with Crippen molar-refractivity contribution in [1.29, 1.82) is 0 Å². The van der Waals surface area contributed by atoms with Gasteiger partial charge in [0.1, 0.15) is 6.61 Å². The lowest BCUT2D eigenvalue weighted by Gasteiger charge is -2.15. The molecule has 5 heteroatoms. The minimum atomic E-state index is 0.432. The Bertz CT molecular complexity index is 696. The van der Waals surface area contributed by atoms with Gasteiger partial charge in [0, 0.05) is 15.6 Å². The first-order valence-corrected chi connectivity index (χ1v) is 7.83. The van der Waals surface area contributed by atoms with E-state index < -0.39 is 0 Å². The number of benzene rings is 2. The molecular formula is C18H18BrNO3. The van der Waals surface area contributed by atoms with Crippen molar-refractivity contribution in [1.82, 2.24) is 0 Å². The Balaban J connectivity index is 2.30. The molecule has 0 bridgehead atoms. The van der Waals surface area contributed by atoms with E-state index in [-0.39, 0.29) is 0 Å². The van der Waals surface area contributed by atoms with E-state index in [1.165, 1.54) is 6.21 Å². The van der Waals surface area contributed by atoms with Gasteiger partial charge in [-0.2, -0.15) is 0 Å². The largest absolute Gasteiger partial charge is 0.493 e. The molecule has 0 fully saturated rings. The molecule has 0 aliphatic carbocycles. The number of halogens is 1. The Morgan fingerprint density at radius 2 is 2.00 bits per heavy atom.